The molecule has 0 aliphatic carbocycles. The van der Waals surface area contributed by atoms with E-state index in [-0.39, 0.29) is 23.4 Å². The highest BCUT2D eigenvalue weighted by atomic mass is 32.2. The van der Waals surface area contributed by atoms with Crippen LogP contribution in [0.15, 0.2) is 83.8 Å². The Balaban J connectivity index is 2.02. The highest BCUT2D eigenvalue weighted by Gasteiger charge is 2.32. The molecule has 0 radical (unpaired) electrons. The van der Waals surface area contributed by atoms with Crippen LogP contribution in [0.3, 0.4) is 0 Å². The van der Waals surface area contributed by atoms with Gasteiger partial charge in [0.1, 0.15) is 12.6 Å². The molecule has 0 saturated heterocycles. The van der Waals surface area contributed by atoms with Gasteiger partial charge < -0.3 is 10.2 Å². The second-order valence-electron chi connectivity index (χ2n) is 9.60. The van der Waals surface area contributed by atoms with Crippen LogP contribution in [0, 0.1) is 13.8 Å². The normalized spacial score (nSPS) is 12.9. The van der Waals surface area contributed by atoms with Crippen LogP contribution < -0.4 is 9.62 Å². The van der Waals surface area contributed by atoms with Gasteiger partial charge >= 0.3 is 0 Å². The summed E-state index contributed by atoms with van der Waals surface area (Å²) in [6, 6.07) is 21.8. The lowest BCUT2D eigenvalue weighted by Gasteiger charge is -2.32. The molecule has 0 spiro atoms. The molecule has 3 rings (SSSR count). The summed E-state index contributed by atoms with van der Waals surface area (Å²) in [7, 11) is -4.06. The first kappa shape index (κ1) is 28.9. The SMILES string of the molecule is CC[C@@H](C)NC(=O)[C@H](C)N(Cc1ccccc1C)C(=O)CN(c1ccc(C)cc1)S(=O)(=O)c1ccccc1. The fourth-order valence-electron chi connectivity index (χ4n) is 3.98. The predicted molar refractivity (Wildman–Crippen MR) is 151 cm³/mol. The van der Waals surface area contributed by atoms with E-state index in [1.165, 1.54) is 17.0 Å². The van der Waals surface area contributed by atoms with E-state index >= 15 is 0 Å². The van der Waals surface area contributed by atoms with Crippen molar-refractivity contribution in [2.45, 2.75) is 64.6 Å². The van der Waals surface area contributed by atoms with Gasteiger partial charge in [0, 0.05) is 12.6 Å². The van der Waals surface area contributed by atoms with Gasteiger partial charge in [-0.05, 0) is 69.5 Å². The van der Waals surface area contributed by atoms with Crippen molar-refractivity contribution in [1.82, 2.24) is 10.2 Å². The minimum atomic E-state index is -4.06. The average molecular weight is 536 g/mol. The molecule has 0 aliphatic heterocycles. The number of nitrogens with zero attached hydrogens (tertiary/aromatic N) is 2. The van der Waals surface area contributed by atoms with Crippen LogP contribution in [0.5, 0.6) is 0 Å². The smallest absolute Gasteiger partial charge is 0.264 e. The maximum Gasteiger partial charge on any atom is 0.264 e. The second-order valence-corrected chi connectivity index (χ2v) is 11.5. The van der Waals surface area contributed by atoms with Crippen molar-refractivity contribution in [3.05, 3.63) is 95.6 Å². The summed E-state index contributed by atoms with van der Waals surface area (Å²) in [6.45, 7) is 9.13. The molecule has 3 aromatic carbocycles. The van der Waals surface area contributed by atoms with Crippen molar-refractivity contribution in [1.29, 1.82) is 0 Å². The first-order valence-electron chi connectivity index (χ1n) is 12.8. The van der Waals surface area contributed by atoms with Crippen LogP contribution in [-0.4, -0.2) is 43.8 Å². The van der Waals surface area contributed by atoms with Crippen molar-refractivity contribution in [2.24, 2.45) is 0 Å². The zero-order valence-electron chi connectivity index (χ0n) is 22.7. The zero-order chi connectivity index (χ0) is 27.9. The lowest BCUT2D eigenvalue weighted by molar-refractivity contribution is -0.139. The molecule has 38 heavy (non-hydrogen) atoms. The van der Waals surface area contributed by atoms with Crippen molar-refractivity contribution < 1.29 is 18.0 Å². The van der Waals surface area contributed by atoms with Crippen LogP contribution in [-0.2, 0) is 26.2 Å². The number of hydrogen-bond acceptors (Lipinski definition) is 4. The molecule has 0 aliphatic rings. The third-order valence-corrected chi connectivity index (χ3v) is 8.49. The van der Waals surface area contributed by atoms with E-state index in [4.69, 9.17) is 0 Å². The van der Waals surface area contributed by atoms with E-state index in [0.29, 0.717) is 5.69 Å². The molecule has 7 nitrogen and oxygen atoms in total. The number of sulfonamides is 1. The summed E-state index contributed by atoms with van der Waals surface area (Å²) in [4.78, 5) is 28.6. The molecule has 0 fully saturated rings. The van der Waals surface area contributed by atoms with Gasteiger partial charge in [-0.1, -0.05) is 67.1 Å². The van der Waals surface area contributed by atoms with Gasteiger partial charge in [-0.3, -0.25) is 13.9 Å². The number of nitrogens with one attached hydrogen (secondary N) is 1. The Morgan fingerprint density at radius 2 is 1.47 bits per heavy atom. The number of carbonyl (C=O) groups excluding carboxylic acids is 2. The highest BCUT2D eigenvalue weighted by molar-refractivity contribution is 7.92. The molecule has 0 aromatic heterocycles. The largest absolute Gasteiger partial charge is 0.352 e. The molecule has 2 atom stereocenters. The Morgan fingerprint density at radius 1 is 0.868 bits per heavy atom. The van der Waals surface area contributed by atoms with Gasteiger partial charge in [0.15, 0.2) is 0 Å². The summed E-state index contributed by atoms with van der Waals surface area (Å²) >= 11 is 0. The molecule has 1 N–H and O–H groups in total. The number of rotatable bonds is 11. The van der Waals surface area contributed by atoms with Crippen molar-refractivity contribution in [3.63, 3.8) is 0 Å². The fraction of sp³-hybridized carbons (Fsp3) is 0.333. The number of aryl methyl sites for hydroxylation is 2. The van der Waals surface area contributed by atoms with E-state index in [0.717, 1.165) is 27.4 Å². The molecule has 8 heteroatoms. The van der Waals surface area contributed by atoms with E-state index in [1.54, 1.807) is 49.4 Å². The van der Waals surface area contributed by atoms with Gasteiger partial charge in [0.25, 0.3) is 10.0 Å². The second kappa shape index (κ2) is 12.7. The lowest BCUT2D eigenvalue weighted by atomic mass is 10.1. The van der Waals surface area contributed by atoms with Gasteiger partial charge in [0.05, 0.1) is 10.6 Å². The molecule has 3 aromatic rings. The Hall–Kier alpha value is -3.65. The number of amides is 2. The Kier molecular flexibility index (Phi) is 9.69. The summed E-state index contributed by atoms with van der Waals surface area (Å²) < 4.78 is 28.6. The Morgan fingerprint density at radius 3 is 2.08 bits per heavy atom. The third kappa shape index (κ3) is 7.01. The predicted octanol–water partition coefficient (Wildman–Crippen LogP) is 4.83. The molecular formula is C30H37N3O4S. The summed E-state index contributed by atoms with van der Waals surface area (Å²) in [5.41, 5.74) is 3.21. The van der Waals surface area contributed by atoms with Gasteiger partial charge in [-0.15, -0.1) is 0 Å². The standard InChI is InChI=1S/C30H37N3O4S/c1-6-24(4)31-30(35)25(5)32(20-26-13-11-10-12-23(26)3)29(34)21-33(27-18-16-22(2)17-19-27)38(36,37)28-14-8-7-9-15-28/h7-19,24-25H,6,20-21H2,1-5H3,(H,31,35)/t24-,25+/m1/s1. The van der Waals surface area contributed by atoms with Crippen molar-refractivity contribution in [3.8, 4) is 0 Å². The Bertz CT molecular complexity index is 1340. The molecule has 0 bridgehead atoms. The van der Waals surface area contributed by atoms with Crippen LogP contribution in [0.2, 0.25) is 0 Å². The first-order chi connectivity index (χ1) is 18.0. The maximum absolute atomic E-state index is 13.9. The zero-order valence-corrected chi connectivity index (χ0v) is 23.5. The number of hydrogen-bond donors (Lipinski definition) is 1. The average Bonchev–Trinajstić information content (AvgIpc) is 2.91. The molecular weight excluding hydrogens is 498 g/mol. The van der Waals surface area contributed by atoms with Gasteiger partial charge in [-0.25, -0.2) is 8.42 Å². The number of anilines is 1. The fourth-order valence-corrected chi connectivity index (χ4v) is 5.41. The van der Waals surface area contributed by atoms with Gasteiger partial charge in [0.2, 0.25) is 11.8 Å². The van der Waals surface area contributed by atoms with Gasteiger partial charge in [-0.2, -0.15) is 0 Å². The first-order valence-corrected chi connectivity index (χ1v) is 14.3. The molecule has 0 heterocycles. The molecule has 2 amide bonds. The lowest BCUT2D eigenvalue weighted by Crippen LogP contribution is -2.52. The van der Waals surface area contributed by atoms with Crippen LogP contribution >= 0.6 is 0 Å². The third-order valence-electron chi connectivity index (χ3n) is 6.70. The quantitative estimate of drug-likeness (QED) is 0.381. The maximum atomic E-state index is 13.9. The Labute approximate surface area is 226 Å². The van der Waals surface area contributed by atoms with E-state index in [2.05, 4.69) is 5.32 Å². The van der Waals surface area contributed by atoms with E-state index < -0.39 is 28.5 Å². The number of carbonyl (C=O) groups is 2. The van der Waals surface area contributed by atoms with Crippen molar-refractivity contribution in [2.75, 3.05) is 10.8 Å². The summed E-state index contributed by atoms with van der Waals surface area (Å²) in [5.74, 6) is -0.755. The van der Waals surface area contributed by atoms with E-state index in [9.17, 15) is 18.0 Å². The van der Waals surface area contributed by atoms with Crippen LogP contribution in [0.25, 0.3) is 0 Å². The van der Waals surface area contributed by atoms with E-state index in [1.807, 2.05) is 52.0 Å². The topological polar surface area (TPSA) is 86.8 Å². The van der Waals surface area contributed by atoms with Crippen LogP contribution in [0.1, 0.15) is 43.9 Å². The highest BCUT2D eigenvalue weighted by Crippen LogP contribution is 2.25. The summed E-state index contributed by atoms with van der Waals surface area (Å²) in [5, 5.41) is 2.95. The molecule has 202 valence electrons. The number of benzene rings is 3. The minimum Gasteiger partial charge on any atom is -0.352 e. The molecule has 0 unspecified atom stereocenters. The van der Waals surface area contributed by atoms with Crippen molar-refractivity contribution >= 4 is 27.5 Å². The van der Waals surface area contributed by atoms with Crippen LogP contribution in [0.4, 0.5) is 5.69 Å². The summed E-state index contributed by atoms with van der Waals surface area (Å²) in [6.07, 6.45) is 0.751. The minimum absolute atomic E-state index is 0.0529. The monoisotopic (exact) mass is 535 g/mol. The molecule has 0 saturated carbocycles.